The van der Waals surface area contributed by atoms with Gasteiger partial charge < -0.3 is 4.42 Å². The van der Waals surface area contributed by atoms with Crippen LogP contribution in [0.4, 0.5) is 0 Å². The summed E-state index contributed by atoms with van der Waals surface area (Å²) >= 11 is 1.72. The van der Waals surface area contributed by atoms with Crippen molar-refractivity contribution in [2.75, 3.05) is 0 Å². The molecule has 3 nitrogen and oxygen atoms in total. The Morgan fingerprint density at radius 2 is 1.42 bits per heavy atom. The Hall–Kier alpha value is -7.92. The summed E-state index contributed by atoms with van der Waals surface area (Å²) in [6.45, 7) is 16.9. The van der Waals surface area contributed by atoms with Crippen molar-refractivity contribution in [1.82, 2.24) is 0 Å². The van der Waals surface area contributed by atoms with E-state index in [1.165, 1.54) is 15.5 Å². The molecule has 2 aromatic heterocycles. The first-order valence-corrected chi connectivity index (χ1v) is 22.2. The van der Waals surface area contributed by atoms with Gasteiger partial charge >= 0.3 is 0 Å². The van der Waals surface area contributed by atoms with Crippen molar-refractivity contribution in [3.05, 3.63) is 257 Å². The Morgan fingerprint density at radius 3 is 2.17 bits per heavy atom. The van der Waals surface area contributed by atoms with Crippen LogP contribution in [0.25, 0.3) is 72.0 Å². The number of hydrogen-bond acceptors (Lipinski definition) is 3. The highest BCUT2D eigenvalue weighted by Crippen LogP contribution is 2.40. The molecule has 0 saturated carbocycles. The lowest BCUT2D eigenvalue weighted by Crippen LogP contribution is -2.29. The van der Waals surface area contributed by atoms with Crippen molar-refractivity contribution in [3.8, 4) is 11.1 Å². The lowest BCUT2D eigenvalue weighted by Gasteiger charge is -2.16. The van der Waals surface area contributed by atoms with Gasteiger partial charge in [-0.3, -0.25) is 4.99 Å². The topological polar surface area (TPSA) is 37.9 Å². The number of benzene rings is 7. The van der Waals surface area contributed by atoms with Crippen LogP contribution in [0.1, 0.15) is 50.7 Å². The van der Waals surface area contributed by atoms with Crippen molar-refractivity contribution in [2.24, 2.45) is 9.98 Å². The molecule has 10 rings (SSSR count). The van der Waals surface area contributed by atoms with E-state index in [0.29, 0.717) is 5.84 Å². The summed E-state index contributed by atoms with van der Waals surface area (Å²) in [5.41, 5.74) is 13.4. The molecule has 1 atom stereocenters. The first-order valence-electron chi connectivity index (χ1n) is 21.4. The average Bonchev–Trinajstić information content (AvgIpc) is 3.93. The smallest absolute Gasteiger partial charge is 0.154 e. The Bertz CT molecular complexity index is 3530. The third-order valence-electron chi connectivity index (χ3n) is 12.1. The minimum absolute atomic E-state index is 0.307. The van der Waals surface area contributed by atoms with E-state index in [0.717, 1.165) is 99.5 Å². The first-order chi connectivity index (χ1) is 31.5. The Balaban J connectivity index is 1.05. The fourth-order valence-electron chi connectivity index (χ4n) is 8.98. The Kier molecular flexibility index (Phi) is 11.0. The van der Waals surface area contributed by atoms with E-state index in [1.807, 2.05) is 36.4 Å². The SMILES string of the molecule is C=Cc1sc2ccc(C(N=C(N=C)c3ccc(-c4cccc5oc6ccc(C(=C)/C(c7ccccc7)=c7/cccc/c7=C7\C=CC=CC7)cc6c45)cc3)c3ccccc3)cc2c1C=C. The van der Waals surface area contributed by atoms with E-state index < -0.39 is 0 Å². The van der Waals surface area contributed by atoms with Crippen LogP contribution >= 0.6 is 11.3 Å². The Morgan fingerprint density at radius 1 is 0.656 bits per heavy atom. The maximum atomic E-state index is 6.53. The highest BCUT2D eigenvalue weighted by Gasteiger charge is 2.20. The van der Waals surface area contributed by atoms with Gasteiger partial charge in [0.25, 0.3) is 0 Å². The Labute approximate surface area is 377 Å². The fraction of sp³-hybridized carbons (Fsp3) is 0.0333. The maximum absolute atomic E-state index is 6.53. The summed E-state index contributed by atoms with van der Waals surface area (Å²) in [5.74, 6) is 0.568. The number of rotatable bonds is 10. The second kappa shape index (κ2) is 17.5. The number of furan rings is 1. The van der Waals surface area contributed by atoms with Gasteiger partial charge in [0, 0.05) is 31.3 Å². The van der Waals surface area contributed by atoms with Crippen molar-refractivity contribution in [1.29, 1.82) is 0 Å². The van der Waals surface area contributed by atoms with Crippen LogP contribution in [0.2, 0.25) is 0 Å². The van der Waals surface area contributed by atoms with Crippen molar-refractivity contribution in [2.45, 2.75) is 12.5 Å². The van der Waals surface area contributed by atoms with Crippen LogP contribution in [0.5, 0.6) is 0 Å². The third-order valence-corrected chi connectivity index (χ3v) is 13.3. The predicted octanol–water partition coefficient (Wildman–Crippen LogP) is 14.6. The maximum Gasteiger partial charge on any atom is 0.154 e. The van der Waals surface area contributed by atoms with Gasteiger partial charge in [-0.15, -0.1) is 11.3 Å². The summed E-state index contributed by atoms with van der Waals surface area (Å²) in [7, 11) is 0. The number of nitrogens with zero attached hydrogens (tertiary/aromatic N) is 2. The number of aliphatic imine (C=N–C) groups is 2. The molecular formula is C60H44N2OS. The van der Waals surface area contributed by atoms with Crippen molar-refractivity contribution in [3.63, 3.8) is 0 Å². The van der Waals surface area contributed by atoms with Gasteiger partial charge in [-0.05, 0) is 110 Å². The van der Waals surface area contributed by atoms with E-state index in [-0.39, 0.29) is 6.04 Å². The fourth-order valence-corrected chi connectivity index (χ4v) is 10.0. The summed E-state index contributed by atoms with van der Waals surface area (Å²) in [6.07, 6.45) is 13.3. The average molecular weight is 841 g/mol. The highest BCUT2D eigenvalue weighted by atomic mass is 32.1. The zero-order chi connectivity index (χ0) is 43.6. The number of allylic oxidation sites excluding steroid dienone is 5. The number of fused-ring (bicyclic) bond motifs is 4. The molecule has 2 heterocycles. The van der Waals surface area contributed by atoms with Crippen molar-refractivity contribution >= 4 is 84.8 Å². The summed E-state index contributed by atoms with van der Waals surface area (Å²) in [4.78, 5) is 10.9. The molecule has 9 aromatic rings. The summed E-state index contributed by atoms with van der Waals surface area (Å²) in [5, 5.41) is 5.60. The van der Waals surface area contributed by atoms with Gasteiger partial charge in [0.1, 0.15) is 17.2 Å². The van der Waals surface area contributed by atoms with Crippen LogP contribution in [-0.2, 0) is 0 Å². The summed E-state index contributed by atoms with van der Waals surface area (Å²) in [6, 6.07) is 57.0. The van der Waals surface area contributed by atoms with Gasteiger partial charge in [-0.25, -0.2) is 4.99 Å². The molecule has 1 unspecified atom stereocenters. The molecule has 7 aromatic carbocycles. The first kappa shape index (κ1) is 40.2. The van der Waals surface area contributed by atoms with Gasteiger partial charge in [-0.1, -0.05) is 190 Å². The summed E-state index contributed by atoms with van der Waals surface area (Å²) < 4.78 is 7.71. The second-order valence-corrected chi connectivity index (χ2v) is 16.9. The number of hydrogen-bond donors (Lipinski definition) is 0. The molecule has 306 valence electrons. The molecule has 4 heteroatoms. The monoisotopic (exact) mass is 840 g/mol. The van der Waals surface area contributed by atoms with Crippen molar-refractivity contribution < 1.29 is 4.42 Å². The molecule has 0 saturated heterocycles. The van der Waals surface area contributed by atoms with E-state index >= 15 is 0 Å². The van der Waals surface area contributed by atoms with Crippen LogP contribution in [0, 0.1) is 0 Å². The van der Waals surface area contributed by atoms with Crippen LogP contribution in [0.3, 0.4) is 0 Å². The van der Waals surface area contributed by atoms with Gasteiger partial charge in [0.2, 0.25) is 0 Å². The molecular weight excluding hydrogens is 797 g/mol. The quantitative estimate of drug-likeness (QED) is 0.0998. The molecule has 0 N–H and O–H groups in total. The van der Waals surface area contributed by atoms with Gasteiger partial charge in [-0.2, -0.15) is 0 Å². The molecule has 0 aliphatic heterocycles. The van der Waals surface area contributed by atoms with Gasteiger partial charge in [0.05, 0.1) is 0 Å². The largest absolute Gasteiger partial charge is 0.456 e. The van der Waals surface area contributed by atoms with Crippen LogP contribution in [0.15, 0.2) is 222 Å². The lowest BCUT2D eigenvalue weighted by atomic mass is 9.89. The van der Waals surface area contributed by atoms with E-state index in [1.54, 1.807) is 11.3 Å². The molecule has 1 aliphatic carbocycles. The number of amidine groups is 1. The molecule has 0 spiro atoms. The molecule has 0 radical (unpaired) electrons. The highest BCUT2D eigenvalue weighted by molar-refractivity contribution is 7.20. The van der Waals surface area contributed by atoms with Gasteiger partial charge in [0.15, 0.2) is 5.84 Å². The molecule has 0 bridgehead atoms. The standard InChI is InChI=1S/C60H44N2OS/c1-5-47-51-38-46(34-36-56(51)64-55(47)6-2)59(43-23-14-9-15-24-43)62-60(61-4)44-31-29-41(30-32-44)49-27-18-28-54-58(49)52-37-45(33-35-53(52)63-54)39(3)57(42-21-12-8-13-22-42)50-26-17-16-25-48(50)40-19-10-7-11-20-40/h5-19,21-38,59H,1-4,20H2/b48-40-,57-50+,62-60?. The zero-order valence-electron chi connectivity index (χ0n) is 35.4. The zero-order valence-corrected chi connectivity index (χ0v) is 36.2. The number of thiophene rings is 1. The minimum atomic E-state index is -0.307. The molecule has 0 fully saturated rings. The minimum Gasteiger partial charge on any atom is -0.456 e. The van der Waals surface area contributed by atoms with E-state index in [9.17, 15) is 0 Å². The normalized spacial score (nSPS) is 14.5. The predicted molar refractivity (Wildman–Crippen MR) is 276 cm³/mol. The third kappa shape index (κ3) is 7.44. The van der Waals surface area contributed by atoms with Crippen LogP contribution in [-0.4, -0.2) is 12.6 Å². The molecule has 0 amide bonds. The van der Waals surface area contributed by atoms with Crippen LogP contribution < -0.4 is 10.4 Å². The molecule has 1 aliphatic rings. The van der Waals surface area contributed by atoms with E-state index in [2.05, 4.69) is 189 Å². The molecule has 64 heavy (non-hydrogen) atoms. The second-order valence-electron chi connectivity index (χ2n) is 15.8. The lowest BCUT2D eigenvalue weighted by molar-refractivity contribution is 0.669. The van der Waals surface area contributed by atoms with E-state index in [4.69, 9.17) is 16.0 Å².